The summed E-state index contributed by atoms with van der Waals surface area (Å²) in [6.45, 7) is 6.39. The molecule has 162 valence electrons. The van der Waals surface area contributed by atoms with Crippen molar-refractivity contribution in [2.24, 2.45) is 0 Å². The number of carbonyl (C=O) groups excluding carboxylic acids is 2. The molecule has 0 aliphatic rings. The summed E-state index contributed by atoms with van der Waals surface area (Å²) in [4.78, 5) is 37.2. The molecule has 3 N–H and O–H groups in total. The molecule has 7 nitrogen and oxygen atoms in total. The van der Waals surface area contributed by atoms with Crippen molar-refractivity contribution in [3.05, 3.63) is 63.8 Å². The Balaban J connectivity index is 2.12. The standard InChI is InChI=1S/C23H23ClN2O5/c1-12-5-7-14(8-6-12)21(29)26-13(2)15(10-20(28)25-23(3,4)22(30)31)16-9-19(27)17(24)11-18(16)26/h5-9,11,27H,10H2,1-4H3,(H,25,28)(H,30,31). The molecule has 0 bridgehead atoms. The average Bonchev–Trinajstić information content (AvgIpc) is 2.92. The lowest BCUT2D eigenvalue weighted by atomic mass is 10.0. The first kappa shape index (κ1) is 22.4. The number of carbonyl (C=O) groups is 3. The Morgan fingerprint density at radius 1 is 1.10 bits per heavy atom. The van der Waals surface area contributed by atoms with Gasteiger partial charge in [-0.1, -0.05) is 29.3 Å². The number of hydrogen-bond acceptors (Lipinski definition) is 4. The van der Waals surface area contributed by atoms with E-state index in [9.17, 15) is 24.6 Å². The summed E-state index contributed by atoms with van der Waals surface area (Å²) in [6.07, 6.45) is -0.172. The Hall–Kier alpha value is -3.32. The Bertz CT molecular complexity index is 1210. The molecular weight excluding hydrogens is 420 g/mol. The quantitative estimate of drug-likeness (QED) is 0.556. The second-order valence-corrected chi connectivity index (χ2v) is 8.45. The topological polar surface area (TPSA) is 109 Å². The van der Waals surface area contributed by atoms with Crippen molar-refractivity contribution < 1.29 is 24.6 Å². The van der Waals surface area contributed by atoms with Crippen LogP contribution in [-0.4, -0.2) is 38.1 Å². The number of aryl methyl sites for hydroxylation is 1. The van der Waals surface area contributed by atoms with E-state index in [1.54, 1.807) is 19.1 Å². The Labute approximate surface area is 184 Å². The summed E-state index contributed by atoms with van der Waals surface area (Å²) in [5.41, 5.74) is 1.47. The van der Waals surface area contributed by atoms with E-state index in [2.05, 4.69) is 5.32 Å². The zero-order valence-electron chi connectivity index (χ0n) is 17.6. The maximum Gasteiger partial charge on any atom is 0.328 e. The van der Waals surface area contributed by atoms with Crippen molar-refractivity contribution in [3.63, 3.8) is 0 Å². The Kier molecular flexibility index (Phi) is 5.83. The molecular formula is C23H23ClN2O5. The van der Waals surface area contributed by atoms with Gasteiger partial charge >= 0.3 is 5.97 Å². The highest BCUT2D eigenvalue weighted by molar-refractivity contribution is 6.33. The van der Waals surface area contributed by atoms with Crippen molar-refractivity contribution in [3.8, 4) is 5.75 Å². The number of aromatic nitrogens is 1. The van der Waals surface area contributed by atoms with Crippen LogP contribution in [0, 0.1) is 13.8 Å². The Morgan fingerprint density at radius 3 is 2.29 bits per heavy atom. The van der Waals surface area contributed by atoms with Crippen LogP contribution in [0.3, 0.4) is 0 Å². The fourth-order valence-corrected chi connectivity index (χ4v) is 3.56. The van der Waals surface area contributed by atoms with E-state index < -0.39 is 17.4 Å². The molecule has 1 aromatic heterocycles. The van der Waals surface area contributed by atoms with Crippen LogP contribution < -0.4 is 5.32 Å². The number of phenols is 1. The number of nitrogens with one attached hydrogen (secondary N) is 1. The van der Waals surface area contributed by atoms with E-state index in [1.807, 2.05) is 19.1 Å². The normalized spacial score (nSPS) is 11.5. The summed E-state index contributed by atoms with van der Waals surface area (Å²) in [6, 6.07) is 9.98. The number of aliphatic carboxylic acids is 1. The van der Waals surface area contributed by atoms with E-state index in [-0.39, 0.29) is 23.1 Å². The molecule has 0 unspecified atom stereocenters. The number of amides is 1. The zero-order chi connectivity index (χ0) is 23.1. The molecule has 0 atom stereocenters. The van der Waals surface area contributed by atoms with E-state index in [0.717, 1.165) is 5.56 Å². The van der Waals surface area contributed by atoms with E-state index >= 15 is 0 Å². The smallest absolute Gasteiger partial charge is 0.328 e. The zero-order valence-corrected chi connectivity index (χ0v) is 18.4. The predicted octanol–water partition coefficient (Wildman–Crippen LogP) is 3.83. The number of nitrogens with zero attached hydrogens (tertiary/aromatic N) is 1. The third-order valence-corrected chi connectivity index (χ3v) is 5.53. The number of rotatable bonds is 5. The van der Waals surface area contributed by atoms with Gasteiger partial charge in [0.2, 0.25) is 5.91 Å². The number of carboxylic acid groups (broad SMARTS) is 1. The Morgan fingerprint density at radius 2 is 1.71 bits per heavy atom. The predicted molar refractivity (Wildman–Crippen MR) is 118 cm³/mol. The molecule has 0 radical (unpaired) electrons. The number of phenolic OH excluding ortho intramolecular Hbond substituents is 1. The number of benzene rings is 2. The van der Waals surface area contributed by atoms with Gasteiger partial charge in [0, 0.05) is 16.6 Å². The SMILES string of the molecule is Cc1ccc(C(=O)n2c(C)c(CC(=O)NC(C)(C)C(=O)O)c3cc(O)c(Cl)cc32)cc1. The van der Waals surface area contributed by atoms with E-state index in [1.165, 1.54) is 30.5 Å². The highest BCUT2D eigenvalue weighted by Crippen LogP contribution is 2.35. The van der Waals surface area contributed by atoms with Crippen LogP contribution in [0.4, 0.5) is 0 Å². The van der Waals surface area contributed by atoms with Gasteiger partial charge in [0.25, 0.3) is 5.91 Å². The van der Waals surface area contributed by atoms with Gasteiger partial charge in [-0.25, -0.2) is 4.79 Å². The maximum absolute atomic E-state index is 13.3. The van der Waals surface area contributed by atoms with Gasteiger partial charge in [-0.3, -0.25) is 14.2 Å². The van der Waals surface area contributed by atoms with Crippen LogP contribution in [0.2, 0.25) is 5.02 Å². The summed E-state index contributed by atoms with van der Waals surface area (Å²) >= 11 is 6.10. The van der Waals surface area contributed by atoms with Gasteiger partial charge < -0.3 is 15.5 Å². The molecule has 3 rings (SSSR count). The maximum atomic E-state index is 13.3. The van der Waals surface area contributed by atoms with Gasteiger partial charge in [-0.15, -0.1) is 0 Å². The van der Waals surface area contributed by atoms with E-state index in [4.69, 9.17) is 11.6 Å². The van der Waals surface area contributed by atoms with Crippen LogP contribution in [0.15, 0.2) is 36.4 Å². The molecule has 3 aromatic rings. The second-order valence-electron chi connectivity index (χ2n) is 8.05. The number of hydrogen-bond donors (Lipinski definition) is 3. The lowest BCUT2D eigenvalue weighted by Crippen LogP contribution is -2.50. The van der Waals surface area contributed by atoms with Crippen molar-refractivity contribution in [1.29, 1.82) is 0 Å². The first-order valence-electron chi connectivity index (χ1n) is 9.60. The second kappa shape index (κ2) is 8.07. The molecule has 0 aliphatic heterocycles. The number of carboxylic acids is 1. The summed E-state index contributed by atoms with van der Waals surface area (Å²) in [5.74, 6) is -2.17. The summed E-state index contributed by atoms with van der Waals surface area (Å²) in [7, 11) is 0. The van der Waals surface area contributed by atoms with Crippen LogP contribution in [0.1, 0.15) is 41.0 Å². The van der Waals surface area contributed by atoms with Gasteiger partial charge in [0.15, 0.2) is 0 Å². The largest absolute Gasteiger partial charge is 0.506 e. The molecule has 0 saturated heterocycles. The molecule has 0 aliphatic carbocycles. The third kappa shape index (κ3) is 4.27. The highest BCUT2D eigenvalue weighted by Gasteiger charge is 2.30. The molecule has 31 heavy (non-hydrogen) atoms. The third-order valence-electron chi connectivity index (χ3n) is 5.23. The average molecular weight is 443 g/mol. The van der Waals surface area contributed by atoms with Gasteiger partial charge in [0.05, 0.1) is 17.0 Å². The van der Waals surface area contributed by atoms with Gasteiger partial charge in [-0.05, 0) is 57.5 Å². The molecule has 0 saturated carbocycles. The number of aromatic hydroxyl groups is 1. The minimum absolute atomic E-state index is 0.0750. The molecule has 8 heteroatoms. The fourth-order valence-electron chi connectivity index (χ4n) is 3.41. The van der Waals surface area contributed by atoms with Crippen molar-refractivity contribution in [2.75, 3.05) is 0 Å². The summed E-state index contributed by atoms with van der Waals surface area (Å²) < 4.78 is 1.45. The van der Waals surface area contributed by atoms with Crippen LogP contribution in [0.25, 0.3) is 10.9 Å². The molecule has 1 amide bonds. The van der Waals surface area contributed by atoms with Crippen molar-refractivity contribution in [2.45, 2.75) is 39.7 Å². The highest BCUT2D eigenvalue weighted by atomic mass is 35.5. The minimum atomic E-state index is -1.45. The molecule has 2 aromatic carbocycles. The fraction of sp³-hybridized carbons (Fsp3) is 0.261. The minimum Gasteiger partial charge on any atom is -0.506 e. The lowest BCUT2D eigenvalue weighted by molar-refractivity contribution is -0.145. The van der Waals surface area contributed by atoms with E-state index in [0.29, 0.717) is 27.7 Å². The molecule has 0 spiro atoms. The van der Waals surface area contributed by atoms with Gasteiger partial charge in [0.1, 0.15) is 11.3 Å². The van der Waals surface area contributed by atoms with Crippen LogP contribution in [0.5, 0.6) is 5.75 Å². The molecule has 0 fully saturated rings. The first-order chi connectivity index (χ1) is 14.4. The van der Waals surface area contributed by atoms with Crippen LogP contribution >= 0.6 is 11.6 Å². The van der Waals surface area contributed by atoms with Gasteiger partial charge in [-0.2, -0.15) is 0 Å². The number of halogens is 1. The summed E-state index contributed by atoms with van der Waals surface area (Å²) in [5, 5.41) is 22.4. The monoisotopic (exact) mass is 442 g/mol. The van der Waals surface area contributed by atoms with Crippen molar-refractivity contribution in [1.82, 2.24) is 9.88 Å². The first-order valence-corrected chi connectivity index (χ1v) is 9.98. The van der Waals surface area contributed by atoms with Crippen molar-refractivity contribution >= 4 is 40.3 Å². The lowest BCUT2D eigenvalue weighted by Gasteiger charge is -2.21. The molecule has 1 heterocycles. The number of fused-ring (bicyclic) bond motifs is 1. The van der Waals surface area contributed by atoms with Crippen LogP contribution in [-0.2, 0) is 16.0 Å².